The molecule has 21 heavy (non-hydrogen) atoms. The zero-order valence-corrected chi connectivity index (χ0v) is 11.8. The molecule has 0 bridgehead atoms. The van der Waals surface area contributed by atoms with E-state index in [4.69, 9.17) is 21.9 Å². The lowest BCUT2D eigenvalue weighted by atomic mass is 9.98. The van der Waals surface area contributed by atoms with Crippen LogP contribution < -0.4 is 5.73 Å². The maximum Gasteiger partial charge on any atom is 0.283 e. The predicted octanol–water partition coefficient (Wildman–Crippen LogP) is 3.03. The quantitative estimate of drug-likeness (QED) is 0.689. The van der Waals surface area contributed by atoms with Gasteiger partial charge < -0.3 is 10.3 Å². The highest BCUT2D eigenvalue weighted by atomic mass is 35.5. The average Bonchev–Trinajstić information content (AvgIpc) is 3.08. The maximum atomic E-state index is 11.1. The number of nitrogens with two attached hydrogens (primary N) is 1. The van der Waals surface area contributed by atoms with E-state index >= 15 is 0 Å². The van der Waals surface area contributed by atoms with E-state index in [1.807, 2.05) is 0 Å². The van der Waals surface area contributed by atoms with E-state index in [1.54, 1.807) is 6.07 Å². The van der Waals surface area contributed by atoms with Crippen LogP contribution in [0.5, 0.6) is 0 Å². The first-order chi connectivity index (χ1) is 10.0. The lowest BCUT2D eigenvalue weighted by molar-refractivity contribution is -0.384. The van der Waals surface area contributed by atoms with Crippen molar-refractivity contribution in [2.45, 2.75) is 31.2 Å². The van der Waals surface area contributed by atoms with Gasteiger partial charge in [0.1, 0.15) is 5.56 Å². The van der Waals surface area contributed by atoms with Gasteiger partial charge in [0.05, 0.1) is 15.5 Å². The third-order valence-electron chi connectivity index (χ3n) is 3.77. The molecular weight excluding hydrogens is 296 g/mol. The molecule has 0 aliphatic heterocycles. The average molecular weight is 309 g/mol. The summed E-state index contributed by atoms with van der Waals surface area (Å²) >= 11 is 6.05. The number of nitro benzene ring substituents is 1. The monoisotopic (exact) mass is 308 g/mol. The van der Waals surface area contributed by atoms with Gasteiger partial charge in [0.15, 0.2) is 5.82 Å². The van der Waals surface area contributed by atoms with E-state index in [0.717, 1.165) is 25.7 Å². The molecule has 0 amide bonds. The van der Waals surface area contributed by atoms with Crippen LogP contribution in [0.25, 0.3) is 11.5 Å². The Morgan fingerprint density at radius 1 is 1.38 bits per heavy atom. The Bertz CT molecular complexity index is 694. The number of rotatable bonds is 3. The Balaban J connectivity index is 2.07. The predicted molar refractivity (Wildman–Crippen MR) is 75.7 cm³/mol. The number of benzene rings is 1. The van der Waals surface area contributed by atoms with Crippen molar-refractivity contribution in [1.82, 2.24) is 10.1 Å². The molecule has 1 heterocycles. The second-order valence-electron chi connectivity index (χ2n) is 5.18. The first kappa shape index (κ1) is 14.0. The molecule has 8 heteroatoms. The van der Waals surface area contributed by atoms with Gasteiger partial charge in [-0.3, -0.25) is 10.1 Å². The van der Waals surface area contributed by atoms with Gasteiger partial charge in [-0.05, 0) is 18.9 Å². The molecule has 0 unspecified atom stereocenters. The molecule has 1 aliphatic rings. The molecular formula is C13H13ClN4O3. The standard InChI is InChI=1S/C13H13ClN4O3/c14-8-4-3-5-9(18(19)20)10(8)11-16-12(17-21-11)13(15)6-1-2-7-13/h3-5H,1-2,6-7,15H2. The van der Waals surface area contributed by atoms with Gasteiger partial charge in [-0.15, -0.1) is 0 Å². The molecule has 1 aromatic heterocycles. The van der Waals surface area contributed by atoms with E-state index in [2.05, 4.69) is 10.1 Å². The largest absolute Gasteiger partial charge is 0.334 e. The summed E-state index contributed by atoms with van der Waals surface area (Å²) in [6, 6.07) is 4.39. The molecule has 1 saturated carbocycles. The van der Waals surface area contributed by atoms with Crippen molar-refractivity contribution in [3.05, 3.63) is 39.2 Å². The SMILES string of the molecule is NC1(c2noc(-c3c(Cl)cccc3[N+](=O)[O-])n2)CCCC1. The molecule has 7 nitrogen and oxygen atoms in total. The van der Waals surface area contributed by atoms with Gasteiger partial charge >= 0.3 is 0 Å². The van der Waals surface area contributed by atoms with Crippen LogP contribution in [0.3, 0.4) is 0 Å². The summed E-state index contributed by atoms with van der Waals surface area (Å²) in [6.07, 6.45) is 3.56. The number of nitro groups is 1. The van der Waals surface area contributed by atoms with Gasteiger partial charge in [-0.25, -0.2) is 0 Å². The molecule has 1 aliphatic carbocycles. The minimum atomic E-state index is -0.613. The Kier molecular flexibility index (Phi) is 3.38. The highest BCUT2D eigenvalue weighted by molar-refractivity contribution is 6.33. The van der Waals surface area contributed by atoms with Gasteiger partial charge in [0.2, 0.25) is 0 Å². The van der Waals surface area contributed by atoms with Crippen molar-refractivity contribution >= 4 is 17.3 Å². The van der Waals surface area contributed by atoms with Crippen molar-refractivity contribution in [2.24, 2.45) is 5.73 Å². The van der Waals surface area contributed by atoms with Crippen molar-refractivity contribution < 1.29 is 9.45 Å². The van der Waals surface area contributed by atoms with Gasteiger partial charge in [-0.2, -0.15) is 4.98 Å². The van der Waals surface area contributed by atoms with E-state index in [-0.39, 0.29) is 22.2 Å². The first-order valence-corrected chi connectivity index (χ1v) is 6.95. The summed E-state index contributed by atoms with van der Waals surface area (Å²) in [5.41, 5.74) is 5.60. The molecule has 110 valence electrons. The Labute approximate surface area is 125 Å². The second-order valence-corrected chi connectivity index (χ2v) is 5.58. The Hall–Kier alpha value is -1.99. The number of nitrogens with zero attached hydrogens (tertiary/aromatic N) is 3. The van der Waals surface area contributed by atoms with E-state index in [0.29, 0.717) is 5.82 Å². The van der Waals surface area contributed by atoms with Crippen LogP contribution in [0.2, 0.25) is 5.02 Å². The number of aromatic nitrogens is 2. The minimum Gasteiger partial charge on any atom is -0.334 e. The van der Waals surface area contributed by atoms with Crippen LogP contribution in [0, 0.1) is 10.1 Å². The zero-order valence-electron chi connectivity index (χ0n) is 11.1. The highest BCUT2D eigenvalue weighted by Crippen LogP contribution is 2.38. The van der Waals surface area contributed by atoms with Crippen LogP contribution in [-0.2, 0) is 5.54 Å². The van der Waals surface area contributed by atoms with E-state index in [9.17, 15) is 10.1 Å². The van der Waals surface area contributed by atoms with Crippen molar-refractivity contribution in [3.63, 3.8) is 0 Å². The first-order valence-electron chi connectivity index (χ1n) is 6.58. The highest BCUT2D eigenvalue weighted by Gasteiger charge is 2.37. The molecule has 3 rings (SSSR count). The third-order valence-corrected chi connectivity index (χ3v) is 4.08. The fourth-order valence-electron chi connectivity index (χ4n) is 2.63. The lowest BCUT2D eigenvalue weighted by Gasteiger charge is -2.17. The summed E-state index contributed by atoms with van der Waals surface area (Å²) in [5.74, 6) is 0.406. The minimum absolute atomic E-state index is 0.0269. The molecule has 0 radical (unpaired) electrons. The molecule has 1 aromatic carbocycles. The smallest absolute Gasteiger partial charge is 0.283 e. The Morgan fingerprint density at radius 3 is 2.76 bits per heavy atom. The number of hydrogen-bond acceptors (Lipinski definition) is 6. The van der Waals surface area contributed by atoms with Crippen LogP contribution in [0.15, 0.2) is 22.7 Å². The van der Waals surface area contributed by atoms with Crippen LogP contribution in [0.4, 0.5) is 5.69 Å². The number of hydrogen-bond donors (Lipinski definition) is 1. The van der Waals surface area contributed by atoms with Crippen molar-refractivity contribution in [3.8, 4) is 11.5 Å². The molecule has 2 aromatic rings. The second kappa shape index (κ2) is 5.09. The molecule has 2 N–H and O–H groups in total. The van der Waals surface area contributed by atoms with E-state index < -0.39 is 10.5 Å². The Morgan fingerprint density at radius 2 is 2.10 bits per heavy atom. The summed E-state index contributed by atoms with van der Waals surface area (Å²) in [4.78, 5) is 14.8. The summed E-state index contributed by atoms with van der Waals surface area (Å²) < 4.78 is 5.17. The lowest BCUT2D eigenvalue weighted by Crippen LogP contribution is -2.34. The van der Waals surface area contributed by atoms with Gasteiger partial charge in [-0.1, -0.05) is 35.7 Å². The number of halogens is 1. The fourth-order valence-corrected chi connectivity index (χ4v) is 2.88. The molecule has 0 spiro atoms. The van der Waals surface area contributed by atoms with Gasteiger partial charge in [0.25, 0.3) is 11.6 Å². The van der Waals surface area contributed by atoms with Gasteiger partial charge in [0, 0.05) is 6.07 Å². The normalized spacial score (nSPS) is 17.0. The maximum absolute atomic E-state index is 11.1. The van der Waals surface area contributed by atoms with Crippen LogP contribution in [0.1, 0.15) is 31.5 Å². The third kappa shape index (κ3) is 2.38. The molecule has 0 saturated heterocycles. The fraction of sp³-hybridized carbons (Fsp3) is 0.385. The summed E-state index contributed by atoms with van der Waals surface area (Å²) in [7, 11) is 0. The van der Waals surface area contributed by atoms with Crippen LogP contribution in [-0.4, -0.2) is 15.1 Å². The summed E-state index contributed by atoms with van der Waals surface area (Å²) in [5, 5.41) is 15.2. The summed E-state index contributed by atoms with van der Waals surface area (Å²) in [6.45, 7) is 0. The van der Waals surface area contributed by atoms with Crippen LogP contribution >= 0.6 is 11.6 Å². The van der Waals surface area contributed by atoms with Crippen molar-refractivity contribution in [2.75, 3.05) is 0 Å². The molecule has 0 atom stereocenters. The zero-order chi connectivity index (χ0) is 15.0. The topological polar surface area (TPSA) is 108 Å². The van der Waals surface area contributed by atoms with Crippen molar-refractivity contribution in [1.29, 1.82) is 0 Å². The molecule has 1 fully saturated rings. The van der Waals surface area contributed by atoms with E-state index in [1.165, 1.54) is 12.1 Å².